The van der Waals surface area contributed by atoms with Crippen LogP contribution in [0.4, 0.5) is 0 Å². The van der Waals surface area contributed by atoms with Crippen molar-refractivity contribution in [2.75, 3.05) is 20.3 Å². The molecule has 7 nitrogen and oxygen atoms in total. The van der Waals surface area contributed by atoms with Crippen LogP contribution in [-0.2, 0) is 11.3 Å². The van der Waals surface area contributed by atoms with E-state index in [0.717, 1.165) is 0 Å². The molecule has 0 aliphatic heterocycles. The number of hydrogen-bond acceptors (Lipinski definition) is 5. The highest BCUT2D eigenvalue weighted by Crippen LogP contribution is 2.09. The summed E-state index contributed by atoms with van der Waals surface area (Å²) in [6, 6.07) is 5.19. The van der Waals surface area contributed by atoms with Crippen LogP contribution in [0.2, 0.25) is 0 Å². The molecular formula is C14H19N3O4. The van der Waals surface area contributed by atoms with Gasteiger partial charge in [-0.15, -0.1) is 0 Å². The van der Waals surface area contributed by atoms with E-state index < -0.39 is 6.10 Å². The smallest absolute Gasteiger partial charge is 0.286 e. The molecule has 2 N–H and O–H groups in total. The van der Waals surface area contributed by atoms with Gasteiger partial charge in [-0.1, -0.05) is 0 Å². The Kier molecular flexibility index (Phi) is 5.53. The van der Waals surface area contributed by atoms with Crippen LogP contribution in [0.1, 0.15) is 22.7 Å². The molecule has 0 aliphatic rings. The number of furan rings is 1. The van der Waals surface area contributed by atoms with Gasteiger partial charge in [0.2, 0.25) is 0 Å². The first-order chi connectivity index (χ1) is 10.2. The minimum Gasteiger partial charge on any atom is -0.454 e. The SMILES string of the molecule is COCC(O)CCNC(=O)c1ccc(Cn2cccn2)o1. The average molecular weight is 293 g/mol. The molecule has 114 valence electrons. The van der Waals surface area contributed by atoms with Gasteiger partial charge in [0, 0.05) is 26.0 Å². The normalized spacial score (nSPS) is 12.3. The zero-order valence-electron chi connectivity index (χ0n) is 11.9. The maximum Gasteiger partial charge on any atom is 0.286 e. The second-order valence-corrected chi connectivity index (χ2v) is 4.62. The van der Waals surface area contributed by atoms with Gasteiger partial charge in [0.05, 0.1) is 19.3 Å². The van der Waals surface area contributed by atoms with E-state index in [1.807, 2.05) is 12.3 Å². The lowest BCUT2D eigenvalue weighted by Gasteiger charge is -2.09. The largest absolute Gasteiger partial charge is 0.454 e. The van der Waals surface area contributed by atoms with Crippen LogP contribution in [-0.4, -0.2) is 47.2 Å². The van der Waals surface area contributed by atoms with Crippen molar-refractivity contribution in [3.63, 3.8) is 0 Å². The van der Waals surface area contributed by atoms with Crippen LogP contribution in [0.25, 0.3) is 0 Å². The first kappa shape index (κ1) is 15.3. The summed E-state index contributed by atoms with van der Waals surface area (Å²) in [5.41, 5.74) is 0. The van der Waals surface area contributed by atoms with Gasteiger partial charge in [-0.2, -0.15) is 5.10 Å². The summed E-state index contributed by atoms with van der Waals surface area (Å²) < 4.78 is 12.0. The Bertz CT molecular complexity index is 550. The fourth-order valence-corrected chi connectivity index (χ4v) is 1.85. The molecule has 2 aromatic heterocycles. The van der Waals surface area contributed by atoms with Crippen LogP contribution in [0.3, 0.4) is 0 Å². The van der Waals surface area contributed by atoms with Crippen LogP contribution >= 0.6 is 0 Å². The van der Waals surface area contributed by atoms with Gasteiger partial charge >= 0.3 is 0 Å². The van der Waals surface area contributed by atoms with Crippen molar-refractivity contribution in [2.24, 2.45) is 0 Å². The Morgan fingerprint density at radius 1 is 1.57 bits per heavy atom. The van der Waals surface area contributed by atoms with Crippen LogP contribution in [0.5, 0.6) is 0 Å². The fourth-order valence-electron chi connectivity index (χ4n) is 1.85. The molecule has 0 fully saturated rings. The van der Waals surface area contributed by atoms with Crippen molar-refractivity contribution in [1.29, 1.82) is 0 Å². The van der Waals surface area contributed by atoms with E-state index in [1.54, 1.807) is 23.0 Å². The van der Waals surface area contributed by atoms with Crippen LogP contribution < -0.4 is 5.32 Å². The summed E-state index contributed by atoms with van der Waals surface area (Å²) in [5, 5.41) is 16.2. The molecule has 0 radical (unpaired) electrons. The molecule has 1 amide bonds. The zero-order valence-corrected chi connectivity index (χ0v) is 11.9. The van der Waals surface area contributed by atoms with Crippen LogP contribution in [0.15, 0.2) is 35.0 Å². The molecule has 0 aliphatic carbocycles. The number of hydrogen-bond donors (Lipinski definition) is 2. The predicted octanol–water partition coefficient (Wildman–Crippen LogP) is 0.652. The molecule has 2 rings (SSSR count). The number of nitrogens with zero attached hydrogens (tertiary/aromatic N) is 2. The standard InChI is InChI=1S/C14H19N3O4/c1-20-10-11(18)5-7-15-14(19)13-4-3-12(21-13)9-17-8-2-6-16-17/h2-4,6,8,11,18H,5,7,9-10H2,1H3,(H,15,19). The molecule has 7 heteroatoms. The minimum absolute atomic E-state index is 0.249. The summed E-state index contributed by atoms with van der Waals surface area (Å²) in [6.07, 6.45) is 3.35. The summed E-state index contributed by atoms with van der Waals surface area (Å²) in [5.74, 6) is 0.605. The summed E-state index contributed by atoms with van der Waals surface area (Å²) in [6.45, 7) is 1.09. The lowest BCUT2D eigenvalue weighted by Crippen LogP contribution is -2.28. The molecule has 2 heterocycles. The first-order valence-corrected chi connectivity index (χ1v) is 6.70. The monoisotopic (exact) mass is 293 g/mol. The number of aliphatic hydroxyl groups excluding tert-OH is 1. The van der Waals surface area contributed by atoms with Crippen molar-refractivity contribution in [1.82, 2.24) is 15.1 Å². The number of nitrogens with one attached hydrogen (secondary N) is 1. The number of aromatic nitrogens is 2. The minimum atomic E-state index is -0.581. The van der Waals surface area contributed by atoms with Crippen molar-refractivity contribution in [3.8, 4) is 0 Å². The van der Waals surface area contributed by atoms with E-state index in [9.17, 15) is 9.90 Å². The Labute approximate surface area is 122 Å². The molecule has 0 saturated carbocycles. The molecule has 0 aromatic carbocycles. The Balaban J connectivity index is 1.79. The number of aliphatic hydroxyl groups is 1. The number of rotatable bonds is 8. The predicted molar refractivity (Wildman–Crippen MR) is 74.9 cm³/mol. The molecule has 0 bridgehead atoms. The van der Waals surface area contributed by atoms with Crippen molar-refractivity contribution < 1.29 is 19.1 Å². The van der Waals surface area contributed by atoms with E-state index in [-0.39, 0.29) is 18.3 Å². The first-order valence-electron chi connectivity index (χ1n) is 6.70. The van der Waals surface area contributed by atoms with Gasteiger partial charge in [-0.3, -0.25) is 9.48 Å². The van der Waals surface area contributed by atoms with Gasteiger partial charge in [0.15, 0.2) is 5.76 Å². The highest BCUT2D eigenvalue weighted by Gasteiger charge is 2.12. The fraction of sp³-hybridized carbons (Fsp3) is 0.429. The average Bonchev–Trinajstić information content (AvgIpc) is 3.11. The molecular weight excluding hydrogens is 274 g/mol. The number of carbonyl (C=O) groups is 1. The maximum absolute atomic E-state index is 11.9. The van der Waals surface area contributed by atoms with Crippen LogP contribution in [0, 0.1) is 0 Å². The molecule has 0 saturated heterocycles. The van der Waals surface area contributed by atoms with E-state index in [2.05, 4.69) is 10.4 Å². The molecule has 21 heavy (non-hydrogen) atoms. The van der Waals surface area contributed by atoms with E-state index in [0.29, 0.717) is 25.3 Å². The maximum atomic E-state index is 11.9. The Morgan fingerprint density at radius 3 is 3.14 bits per heavy atom. The second kappa shape index (κ2) is 7.61. The van der Waals surface area contributed by atoms with Crippen molar-refractivity contribution in [3.05, 3.63) is 42.1 Å². The van der Waals surface area contributed by atoms with E-state index in [1.165, 1.54) is 7.11 Å². The Morgan fingerprint density at radius 2 is 2.43 bits per heavy atom. The Hall–Kier alpha value is -2.12. The van der Waals surface area contributed by atoms with Gasteiger partial charge in [0.1, 0.15) is 5.76 Å². The highest BCUT2D eigenvalue weighted by atomic mass is 16.5. The lowest BCUT2D eigenvalue weighted by molar-refractivity contribution is 0.0586. The number of amides is 1. The third-order valence-corrected chi connectivity index (χ3v) is 2.88. The molecule has 1 atom stereocenters. The number of methoxy groups -OCH3 is 1. The third kappa shape index (κ3) is 4.73. The van der Waals surface area contributed by atoms with Crippen molar-refractivity contribution in [2.45, 2.75) is 19.1 Å². The second-order valence-electron chi connectivity index (χ2n) is 4.62. The molecule has 0 spiro atoms. The number of ether oxygens (including phenoxy) is 1. The molecule has 1 unspecified atom stereocenters. The van der Waals surface area contributed by atoms with Gasteiger partial charge in [0.25, 0.3) is 5.91 Å². The lowest BCUT2D eigenvalue weighted by atomic mass is 10.2. The van der Waals surface area contributed by atoms with Gasteiger partial charge in [-0.05, 0) is 24.6 Å². The summed E-state index contributed by atoms with van der Waals surface area (Å²) >= 11 is 0. The van der Waals surface area contributed by atoms with Gasteiger partial charge in [-0.25, -0.2) is 0 Å². The third-order valence-electron chi connectivity index (χ3n) is 2.88. The number of carbonyl (C=O) groups excluding carboxylic acids is 1. The zero-order chi connectivity index (χ0) is 15.1. The topological polar surface area (TPSA) is 89.5 Å². The van der Waals surface area contributed by atoms with Gasteiger partial charge < -0.3 is 19.6 Å². The quantitative estimate of drug-likeness (QED) is 0.746. The van der Waals surface area contributed by atoms with Crippen molar-refractivity contribution >= 4 is 5.91 Å². The molecule has 2 aromatic rings. The highest BCUT2D eigenvalue weighted by molar-refractivity contribution is 5.91. The van der Waals surface area contributed by atoms with E-state index in [4.69, 9.17) is 9.15 Å². The van der Waals surface area contributed by atoms with E-state index >= 15 is 0 Å². The summed E-state index contributed by atoms with van der Waals surface area (Å²) in [4.78, 5) is 11.9. The summed E-state index contributed by atoms with van der Waals surface area (Å²) in [7, 11) is 1.52.